The zero-order chi connectivity index (χ0) is 26.3. The van der Waals surface area contributed by atoms with Gasteiger partial charge in [0, 0.05) is 44.5 Å². The molecule has 7 rings (SSSR count). The molecule has 5 nitrogen and oxygen atoms in total. The largest absolute Gasteiger partial charge is 0.399 e. The molecule has 186 valence electrons. The Morgan fingerprint density at radius 2 is 0.949 bits per heavy atom. The van der Waals surface area contributed by atoms with Gasteiger partial charge < -0.3 is 16.0 Å². The average molecular weight is 504 g/mol. The Kier molecular flexibility index (Phi) is 5.34. The maximum absolute atomic E-state index is 6.19. The van der Waals surface area contributed by atoms with Gasteiger partial charge in [0.05, 0.1) is 22.4 Å². The van der Waals surface area contributed by atoms with Gasteiger partial charge in [-0.1, -0.05) is 72.8 Å². The first kappa shape index (κ1) is 22.8. The van der Waals surface area contributed by atoms with Crippen LogP contribution in [0.1, 0.15) is 0 Å². The molecule has 7 aromatic rings. The molecule has 0 amide bonds. The highest BCUT2D eigenvalue weighted by molar-refractivity contribution is 6.10. The number of hydrogen-bond acceptors (Lipinski definition) is 4. The highest BCUT2D eigenvalue weighted by Crippen LogP contribution is 2.35. The van der Waals surface area contributed by atoms with Gasteiger partial charge in [0.15, 0.2) is 5.82 Å². The van der Waals surface area contributed by atoms with Crippen LogP contribution < -0.4 is 11.5 Å². The maximum atomic E-state index is 6.19. The Labute approximate surface area is 226 Å². The minimum Gasteiger partial charge on any atom is -0.399 e. The van der Waals surface area contributed by atoms with Crippen molar-refractivity contribution in [2.24, 2.45) is 0 Å². The predicted molar refractivity (Wildman–Crippen MR) is 162 cm³/mol. The molecule has 2 aromatic heterocycles. The summed E-state index contributed by atoms with van der Waals surface area (Å²) in [5.74, 6) is 0.678. The van der Waals surface area contributed by atoms with Gasteiger partial charge in [0.2, 0.25) is 0 Å². The maximum Gasteiger partial charge on any atom is 0.160 e. The summed E-state index contributed by atoms with van der Waals surface area (Å²) in [6.07, 6.45) is 0. The van der Waals surface area contributed by atoms with Crippen molar-refractivity contribution < 1.29 is 0 Å². The third kappa shape index (κ3) is 4.06. The van der Waals surface area contributed by atoms with Crippen molar-refractivity contribution in [3.05, 3.63) is 127 Å². The molecular weight excluding hydrogens is 478 g/mol. The minimum absolute atomic E-state index is 0.678. The normalized spacial score (nSPS) is 11.3. The van der Waals surface area contributed by atoms with Crippen LogP contribution in [0.4, 0.5) is 11.4 Å². The van der Waals surface area contributed by atoms with Crippen molar-refractivity contribution in [2.45, 2.75) is 0 Å². The molecule has 0 bridgehead atoms. The number of nitrogens with zero attached hydrogens (tertiary/aromatic N) is 3. The molecule has 0 spiro atoms. The molecule has 0 aliphatic rings. The molecule has 39 heavy (non-hydrogen) atoms. The van der Waals surface area contributed by atoms with E-state index in [1.807, 2.05) is 60.7 Å². The molecule has 0 aliphatic heterocycles. The van der Waals surface area contributed by atoms with Crippen LogP contribution >= 0.6 is 0 Å². The zero-order valence-corrected chi connectivity index (χ0v) is 21.1. The van der Waals surface area contributed by atoms with E-state index in [1.165, 1.54) is 0 Å². The van der Waals surface area contributed by atoms with Crippen LogP contribution in [0.3, 0.4) is 0 Å². The lowest BCUT2D eigenvalue weighted by Gasteiger charge is -2.11. The molecular formula is C34H25N5. The van der Waals surface area contributed by atoms with Crippen LogP contribution in [0.25, 0.3) is 61.4 Å². The van der Waals surface area contributed by atoms with Crippen LogP contribution in [0, 0.1) is 0 Å². The number of rotatable bonds is 4. The van der Waals surface area contributed by atoms with E-state index in [0.29, 0.717) is 5.82 Å². The zero-order valence-electron chi connectivity index (χ0n) is 21.1. The lowest BCUT2D eigenvalue weighted by atomic mass is 10.1. The summed E-state index contributed by atoms with van der Waals surface area (Å²) < 4.78 is 2.21. The molecule has 0 saturated heterocycles. The Morgan fingerprint density at radius 1 is 0.462 bits per heavy atom. The highest BCUT2D eigenvalue weighted by atomic mass is 15.0. The molecule has 5 heteroatoms. The summed E-state index contributed by atoms with van der Waals surface area (Å²) >= 11 is 0. The fourth-order valence-corrected chi connectivity index (χ4v) is 5.18. The predicted octanol–water partition coefficient (Wildman–Crippen LogP) is 7.74. The fourth-order valence-electron chi connectivity index (χ4n) is 5.18. The SMILES string of the molecule is Nc1ccc2c3ccc(N)cc3n(-c3ccc(-c4nc(-c5ccccc5)cc(-c5ccccc5)n4)cc3)c2c1. The summed E-state index contributed by atoms with van der Waals surface area (Å²) in [5.41, 5.74) is 21.7. The van der Waals surface area contributed by atoms with E-state index in [-0.39, 0.29) is 0 Å². The lowest BCUT2D eigenvalue weighted by Crippen LogP contribution is -1.98. The first-order chi connectivity index (χ1) is 19.1. The topological polar surface area (TPSA) is 82.8 Å². The van der Waals surface area contributed by atoms with Crippen molar-refractivity contribution in [2.75, 3.05) is 11.5 Å². The first-order valence-electron chi connectivity index (χ1n) is 12.8. The van der Waals surface area contributed by atoms with Crippen LogP contribution in [0.15, 0.2) is 127 Å². The Balaban J connectivity index is 1.38. The van der Waals surface area contributed by atoms with Crippen molar-refractivity contribution >= 4 is 33.2 Å². The second kappa shape index (κ2) is 9.15. The van der Waals surface area contributed by atoms with Gasteiger partial charge in [-0.3, -0.25) is 0 Å². The molecule has 2 heterocycles. The summed E-state index contributed by atoms with van der Waals surface area (Å²) in [5, 5.41) is 2.27. The molecule has 0 aliphatic carbocycles. The quantitative estimate of drug-likeness (QED) is 0.241. The van der Waals surface area contributed by atoms with Gasteiger partial charge in [-0.25, -0.2) is 9.97 Å². The van der Waals surface area contributed by atoms with E-state index in [0.717, 1.165) is 66.9 Å². The van der Waals surface area contributed by atoms with Crippen LogP contribution in [-0.4, -0.2) is 14.5 Å². The lowest BCUT2D eigenvalue weighted by molar-refractivity contribution is 1.16. The highest BCUT2D eigenvalue weighted by Gasteiger charge is 2.14. The average Bonchev–Trinajstić information content (AvgIpc) is 3.30. The van der Waals surface area contributed by atoms with Gasteiger partial charge in [0.1, 0.15) is 0 Å². The second-order valence-corrected chi connectivity index (χ2v) is 9.63. The molecule has 4 N–H and O–H groups in total. The Bertz CT molecular complexity index is 1840. The number of nitrogens with two attached hydrogens (primary N) is 2. The van der Waals surface area contributed by atoms with Crippen molar-refractivity contribution in [1.29, 1.82) is 0 Å². The molecule has 5 aromatic carbocycles. The van der Waals surface area contributed by atoms with E-state index in [2.05, 4.69) is 71.3 Å². The van der Waals surface area contributed by atoms with Crippen molar-refractivity contribution in [3.63, 3.8) is 0 Å². The third-order valence-electron chi connectivity index (χ3n) is 7.06. The smallest absolute Gasteiger partial charge is 0.160 e. The molecule has 0 radical (unpaired) electrons. The number of benzene rings is 5. The molecule has 0 saturated carbocycles. The van der Waals surface area contributed by atoms with E-state index in [4.69, 9.17) is 21.4 Å². The first-order valence-corrected chi connectivity index (χ1v) is 12.8. The van der Waals surface area contributed by atoms with E-state index >= 15 is 0 Å². The standard InChI is InChI=1S/C34H25N5/c35-25-13-17-28-29-18-14-26(36)20-33(29)39(32(28)19-25)27-15-11-24(12-16-27)34-37-30(22-7-3-1-4-8-22)21-31(38-34)23-9-5-2-6-10-23/h1-21H,35-36H2. The van der Waals surface area contributed by atoms with Gasteiger partial charge in [0.25, 0.3) is 0 Å². The van der Waals surface area contributed by atoms with Gasteiger partial charge >= 0.3 is 0 Å². The molecule has 0 fully saturated rings. The van der Waals surface area contributed by atoms with Gasteiger partial charge in [-0.15, -0.1) is 0 Å². The summed E-state index contributed by atoms with van der Waals surface area (Å²) in [7, 11) is 0. The monoisotopic (exact) mass is 503 g/mol. The van der Waals surface area contributed by atoms with Crippen LogP contribution in [0.2, 0.25) is 0 Å². The summed E-state index contributed by atoms with van der Waals surface area (Å²) in [4.78, 5) is 9.93. The van der Waals surface area contributed by atoms with Crippen molar-refractivity contribution in [1.82, 2.24) is 14.5 Å². The number of fused-ring (bicyclic) bond motifs is 3. The second-order valence-electron chi connectivity index (χ2n) is 9.63. The number of hydrogen-bond donors (Lipinski definition) is 2. The third-order valence-corrected chi connectivity index (χ3v) is 7.06. The fraction of sp³-hybridized carbons (Fsp3) is 0. The summed E-state index contributed by atoms with van der Waals surface area (Å²) in [6, 6.07) is 42.9. The minimum atomic E-state index is 0.678. The van der Waals surface area contributed by atoms with Gasteiger partial charge in [-0.05, 0) is 54.6 Å². The van der Waals surface area contributed by atoms with Crippen LogP contribution in [0.5, 0.6) is 0 Å². The Hall–Kier alpha value is -5.42. The number of nitrogen functional groups attached to an aromatic ring is 2. The molecule has 0 atom stereocenters. The molecule has 0 unspecified atom stereocenters. The number of anilines is 2. The van der Waals surface area contributed by atoms with Crippen LogP contribution in [-0.2, 0) is 0 Å². The van der Waals surface area contributed by atoms with Gasteiger partial charge in [-0.2, -0.15) is 0 Å². The number of aromatic nitrogens is 3. The van der Waals surface area contributed by atoms with Crippen molar-refractivity contribution in [3.8, 4) is 39.6 Å². The van der Waals surface area contributed by atoms with E-state index in [1.54, 1.807) is 0 Å². The summed E-state index contributed by atoms with van der Waals surface area (Å²) in [6.45, 7) is 0. The van der Waals surface area contributed by atoms with E-state index in [9.17, 15) is 0 Å². The van der Waals surface area contributed by atoms with E-state index < -0.39 is 0 Å². The Morgan fingerprint density at radius 3 is 1.44 bits per heavy atom.